The van der Waals surface area contributed by atoms with Gasteiger partial charge in [-0.25, -0.2) is 0 Å². The average Bonchev–Trinajstić information content (AvgIpc) is 2.35. The number of hydrogen-bond donors (Lipinski definition) is 1. The number of nitrogens with two attached hydrogens (primary N) is 1. The van der Waals surface area contributed by atoms with Crippen LogP contribution in [0.3, 0.4) is 0 Å². The van der Waals surface area contributed by atoms with Gasteiger partial charge in [0.1, 0.15) is 0 Å². The third kappa shape index (κ3) is 3.66. The zero-order chi connectivity index (χ0) is 15.6. The molecule has 1 heterocycles. The molecule has 118 valence electrons. The summed E-state index contributed by atoms with van der Waals surface area (Å²) in [5.41, 5.74) is 6.53. The van der Waals surface area contributed by atoms with Gasteiger partial charge in [-0.2, -0.15) is 0 Å². The molecule has 0 aromatic heterocycles. The van der Waals surface area contributed by atoms with Gasteiger partial charge >= 0.3 is 0 Å². The predicted molar refractivity (Wildman–Crippen MR) is 88.1 cm³/mol. The van der Waals surface area contributed by atoms with Gasteiger partial charge in [0.2, 0.25) is 0 Å². The van der Waals surface area contributed by atoms with Gasteiger partial charge in [0.15, 0.2) is 5.96 Å². The van der Waals surface area contributed by atoms with Crippen LogP contribution in [0.1, 0.15) is 60.3 Å². The summed E-state index contributed by atoms with van der Waals surface area (Å²) in [7, 11) is 4.03. The summed E-state index contributed by atoms with van der Waals surface area (Å²) < 4.78 is 0. The number of aliphatic imine (C=N–C) groups is 1. The second kappa shape index (κ2) is 6.33. The molecule has 4 nitrogen and oxygen atoms in total. The van der Waals surface area contributed by atoms with Crippen LogP contribution in [0.2, 0.25) is 0 Å². The van der Waals surface area contributed by atoms with Crippen LogP contribution >= 0.6 is 0 Å². The Balaban J connectivity index is 2.97. The minimum absolute atomic E-state index is 0.185. The van der Waals surface area contributed by atoms with E-state index < -0.39 is 0 Å². The van der Waals surface area contributed by atoms with Gasteiger partial charge < -0.3 is 10.6 Å². The molecule has 4 heteroatoms. The molecule has 2 N–H and O–H groups in total. The smallest absolute Gasteiger partial charge is 0.191 e. The van der Waals surface area contributed by atoms with Gasteiger partial charge in [0.05, 0.1) is 0 Å². The summed E-state index contributed by atoms with van der Waals surface area (Å²) in [6.07, 6.45) is 4.62. The highest BCUT2D eigenvalue weighted by Gasteiger charge is 2.44. The van der Waals surface area contributed by atoms with Crippen molar-refractivity contribution in [2.75, 3.05) is 20.6 Å². The fourth-order valence-electron chi connectivity index (χ4n) is 3.48. The molecule has 0 saturated carbocycles. The summed E-state index contributed by atoms with van der Waals surface area (Å²) in [5.74, 6) is 0.694. The lowest BCUT2D eigenvalue weighted by atomic mass is 9.77. The van der Waals surface area contributed by atoms with Crippen molar-refractivity contribution in [3.63, 3.8) is 0 Å². The molecule has 1 aliphatic heterocycles. The molecule has 0 amide bonds. The van der Waals surface area contributed by atoms with Crippen molar-refractivity contribution in [1.82, 2.24) is 9.80 Å². The van der Waals surface area contributed by atoms with Crippen LogP contribution < -0.4 is 5.73 Å². The largest absolute Gasteiger partial charge is 0.370 e. The number of unbranched alkanes of at least 4 members (excludes halogenated alkanes) is 1. The second-order valence-electron chi connectivity index (χ2n) is 7.37. The Hall–Kier alpha value is -0.770. The molecular formula is C16H34N4. The molecular weight excluding hydrogens is 248 g/mol. The first-order valence-electron chi connectivity index (χ1n) is 7.88. The van der Waals surface area contributed by atoms with E-state index in [0.29, 0.717) is 12.0 Å². The molecule has 0 aromatic carbocycles. The third-order valence-corrected chi connectivity index (χ3v) is 5.00. The van der Waals surface area contributed by atoms with Crippen LogP contribution in [0.15, 0.2) is 4.99 Å². The fraction of sp³-hybridized carbons (Fsp3) is 0.938. The Morgan fingerprint density at radius 2 is 1.75 bits per heavy atom. The standard InChI is InChI=1S/C16H34N4/c1-8-9-10-20(14(17)18-6)13-11-15(2,3)19(7)16(4,5)12-13/h13H,8-12H2,1-7H3,(H2,17,18). The molecule has 0 radical (unpaired) electrons. The molecule has 0 aliphatic carbocycles. The van der Waals surface area contributed by atoms with E-state index in [1.165, 1.54) is 12.8 Å². The highest BCUT2D eigenvalue weighted by molar-refractivity contribution is 5.78. The van der Waals surface area contributed by atoms with E-state index in [9.17, 15) is 0 Å². The Morgan fingerprint density at radius 3 is 2.15 bits per heavy atom. The molecule has 1 rings (SSSR count). The number of guanidine groups is 1. The van der Waals surface area contributed by atoms with Crippen molar-refractivity contribution in [2.24, 2.45) is 10.7 Å². The zero-order valence-electron chi connectivity index (χ0n) is 14.5. The lowest BCUT2D eigenvalue weighted by molar-refractivity contribution is -0.0349. The van der Waals surface area contributed by atoms with E-state index in [4.69, 9.17) is 5.73 Å². The Labute approximate surface area is 125 Å². The number of likely N-dealkylation sites (tertiary alicyclic amines) is 1. The third-order valence-electron chi connectivity index (χ3n) is 5.00. The molecule has 0 spiro atoms. The quantitative estimate of drug-likeness (QED) is 0.637. The van der Waals surface area contributed by atoms with E-state index in [1.807, 2.05) is 0 Å². The normalized spacial score (nSPS) is 23.9. The highest BCUT2D eigenvalue weighted by atomic mass is 15.3. The van der Waals surface area contributed by atoms with Crippen molar-refractivity contribution in [1.29, 1.82) is 0 Å². The molecule has 0 bridgehead atoms. The SMILES string of the molecule is CCCCN(C(N)=NC)C1CC(C)(C)N(C)C(C)(C)C1. The van der Waals surface area contributed by atoms with E-state index in [2.05, 4.69) is 56.5 Å². The molecule has 1 aliphatic rings. The van der Waals surface area contributed by atoms with Crippen molar-refractivity contribution < 1.29 is 0 Å². The lowest BCUT2D eigenvalue weighted by Crippen LogP contribution is -2.63. The Morgan fingerprint density at radius 1 is 1.25 bits per heavy atom. The maximum Gasteiger partial charge on any atom is 0.191 e. The summed E-state index contributed by atoms with van der Waals surface area (Å²) in [5, 5.41) is 0. The average molecular weight is 282 g/mol. The van der Waals surface area contributed by atoms with Crippen LogP contribution in [0.4, 0.5) is 0 Å². The molecule has 1 fully saturated rings. The number of hydrogen-bond acceptors (Lipinski definition) is 2. The highest BCUT2D eigenvalue weighted by Crippen LogP contribution is 2.38. The van der Waals surface area contributed by atoms with Crippen LogP contribution in [-0.2, 0) is 0 Å². The maximum atomic E-state index is 6.16. The zero-order valence-corrected chi connectivity index (χ0v) is 14.5. The van der Waals surface area contributed by atoms with E-state index in [1.54, 1.807) is 7.05 Å². The minimum atomic E-state index is 0.185. The summed E-state index contributed by atoms with van der Waals surface area (Å²) in [6.45, 7) is 12.6. The minimum Gasteiger partial charge on any atom is -0.370 e. The van der Waals surface area contributed by atoms with Gasteiger partial charge in [-0.1, -0.05) is 13.3 Å². The molecule has 1 saturated heterocycles. The van der Waals surface area contributed by atoms with Gasteiger partial charge in [-0.3, -0.25) is 9.89 Å². The Kier molecular flexibility index (Phi) is 5.47. The van der Waals surface area contributed by atoms with Crippen molar-refractivity contribution in [2.45, 2.75) is 77.4 Å². The first-order valence-corrected chi connectivity index (χ1v) is 7.88. The summed E-state index contributed by atoms with van der Waals surface area (Å²) in [4.78, 5) is 9.08. The fourth-order valence-corrected chi connectivity index (χ4v) is 3.48. The number of nitrogens with zero attached hydrogens (tertiary/aromatic N) is 3. The van der Waals surface area contributed by atoms with Gasteiger partial charge in [0, 0.05) is 30.7 Å². The number of piperidine rings is 1. The van der Waals surface area contributed by atoms with Crippen molar-refractivity contribution in [3.8, 4) is 0 Å². The van der Waals surface area contributed by atoms with E-state index in [-0.39, 0.29) is 11.1 Å². The van der Waals surface area contributed by atoms with Crippen molar-refractivity contribution in [3.05, 3.63) is 0 Å². The Bertz CT molecular complexity index is 328. The predicted octanol–water partition coefficient (Wildman–Crippen LogP) is 2.68. The van der Waals surface area contributed by atoms with E-state index in [0.717, 1.165) is 19.4 Å². The van der Waals surface area contributed by atoms with Crippen LogP contribution in [0, 0.1) is 0 Å². The molecule has 0 aromatic rings. The van der Waals surface area contributed by atoms with Crippen LogP contribution in [0.5, 0.6) is 0 Å². The molecule has 20 heavy (non-hydrogen) atoms. The van der Waals surface area contributed by atoms with Gasteiger partial charge in [-0.05, 0) is 54.0 Å². The first kappa shape index (κ1) is 17.3. The molecule has 0 atom stereocenters. The topological polar surface area (TPSA) is 44.9 Å². The molecule has 0 unspecified atom stereocenters. The van der Waals surface area contributed by atoms with Crippen LogP contribution in [0.25, 0.3) is 0 Å². The lowest BCUT2D eigenvalue weighted by Gasteiger charge is -2.55. The number of rotatable bonds is 4. The van der Waals surface area contributed by atoms with Crippen LogP contribution in [-0.4, -0.2) is 53.5 Å². The van der Waals surface area contributed by atoms with E-state index >= 15 is 0 Å². The first-order chi connectivity index (χ1) is 9.15. The second-order valence-corrected chi connectivity index (χ2v) is 7.37. The monoisotopic (exact) mass is 282 g/mol. The van der Waals surface area contributed by atoms with Gasteiger partial charge in [0.25, 0.3) is 0 Å². The maximum absolute atomic E-state index is 6.16. The summed E-state index contributed by atoms with van der Waals surface area (Å²) >= 11 is 0. The van der Waals surface area contributed by atoms with Gasteiger partial charge in [-0.15, -0.1) is 0 Å². The van der Waals surface area contributed by atoms with Crippen molar-refractivity contribution >= 4 is 5.96 Å². The summed E-state index contributed by atoms with van der Waals surface area (Å²) in [6, 6.07) is 0.478.